The molecule has 0 aliphatic carbocycles. The Balaban J connectivity index is 2.15. The number of thiophene rings is 1. The van der Waals surface area contributed by atoms with Crippen molar-refractivity contribution in [3.63, 3.8) is 0 Å². The van der Waals surface area contributed by atoms with E-state index in [2.05, 4.69) is 35.5 Å². The summed E-state index contributed by atoms with van der Waals surface area (Å²) < 4.78 is 0. The van der Waals surface area contributed by atoms with Gasteiger partial charge in [0.25, 0.3) is 0 Å². The summed E-state index contributed by atoms with van der Waals surface area (Å²) in [6.45, 7) is 7.24. The normalized spacial score (nSPS) is 10.7. The Morgan fingerprint density at radius 3 is 2.75 bits per heavy atom. The van der Waals surface area contributed by atoms with Crippen LogP contribution in [-0.2, 0) is 11.2 Å². The number of hydrogen-bond acceptors (Lipinski definition) is 3. The van der Waals surface area contributed by atoms with Crippen molar-refractivity contribution in [1.29, 1.82) is 0 Å². The van der Waals surface area contributed by atoms with E-state index in [1.165, 1.54) is 4.88 Å². The van der Waals surface area contributed by atoms with E-state index in [9.17, 15) is 4.79 Å². The maximum atomic E-state index is 11.6. The van der Waals surface area contributed by atoms with E-state index < -0.39 is 0 Å². The van der Waals surface area contributed by atoms with Crippen LogP contribution in [0.3, 0.4) is 0 Å². The van der Waals surface area contributed by atoms with Gasteiger partial charge in [-0.25, -0.2) is 0 Å². The standard InChI is InChI=1S/C12H20N2OS/c1-3-14(4-2)10-12(15)13-8-7-11-6-5-9-16-11/h5-6,9H,3-4,7-8,10H2,1-2H3,(H,13,15). The van der Waals surface area contributed by atoms with Crippen LogP contribution < -0.4 is 5.32 Å². The topological polar surface area (TPSA) is 32.3 Å². The Morgan fingerprint density at radius 1 is 1.44 bits per heavy atom. The van der Waals surface area contributed by atoms with E-state index in [-0.39, 0.29) is 5.91 Å². The first-order valence-electron chi connectivity index (χ1n) is 5.77. The molecule has 0 radical (unpaired) electrons. The molecule has 0 saturated carbocycles. The average molecular weight is 240 g/mol. The quantitative estimate of drug-likeness (QED) is 0.787. The summed E-state index contributed by atoms with van der Waals surface area (Å²) in [5.74, 6) is 0.125. The van der Waals surface area contributed by atoms with Crippen LogP contribution in [0.2, 0.25) is 0 Å². The third-order valence-electron chi connectivity index (χ3n) is 2.54. The highest BCUT2D eigenvalue weighted by Crippen LogP contribution is 2.07. The van der Waals surface area contributed by atoms with Gasteiger partial charge in [-0.3, -0.25) is 9.69 Å². The molecule has 0 fully saturated rings. The van der Waals surface area contributed by atoms with Crippen LogP contribution in [0.5, 0.6) is 0 Å². The van der Waals surface area contributed by atoms with Crippen LogP contribution in [0.4, 0.5) is 0 Å². The van der Waals surface area contributed by atoms with Crippen molar-refractivity contribution in [2.24, 2.45) is 0 Å². The molecule has 0 spiro atoms. The summed E-state index contributed by atoms with van der Waals surface area (Å²) in [4.78, 5) is 15.0. The number of nitrogens with zero attached hydrogens (tertiary/aromatic N) is 1. The summed E-state index contributed by atoms with van der Waals surface area (Å²) in [5.41, 5.74) is 0. The molecule has 0 aliphatic rings. The second kappa shape index (κ2) is 7.41. The SMILES string of the molecule is CCN(CC)CC(=O)NCCc1cccs1. The largest absolute Gasteiger partial charge is 0.355 e. The van der Waals surface area contributed by atoms with E-state index in [0.717, 1.165) is 26.1 Å². The Hall–Kier alpha value is -0.870. The molecule has 0 saturated heterocycles. The molecule has 1 heterocycles. The molecule has 90 valence electrons. The molecule has 0 aromatic carbocycles. The highest BCUT2D eigenvalue weighted by atomic mass is 32.1. The number of amides is 1. The molecule has 4 heteroatoms. The third kappa shape index (κ3) is 4.77. The Kier molecular flexibility index (Phi) is 6.11. The Morgan fingerprint density at radius 2 is 2.19 bits per heavy atom. The molecule has 1 amide bonds. The van der Waals surface area contributed by atoms with E-state index >= 15 is 0 Å². The number of nitrogens with one attached hydrogen (secondary N) is 1. The van der Waals surface area contributed by atoms with Crippen LogP contribution in [-0.4, -0.2) is 37.0 Å². The maximum Gasteiger partial charge on any atom is 0.234 e. The van der Waals surface area contributed by atoms with E-state index in [0.29, 0.717) is 6.54 Å². The van der Waals surface area contributed by atoms with Crippen molar-refractivity contribution in [2.45, 2.75) is 20.3 Å². The maximum absolute atomic E-state index is 11.6. The van der Waals surface area contributed by atoms with Gasteiger partial charge in [0.15, 0.2) is 0 Å². The molecule has 0 atom stereocenters. The van der Waals surface area contributed by atoms with E-state index in [1.54, 1.807) is 11.3 Å². The fraction of sp³-hybridized carbons (Fsp3) is 0.583. The van der Waals surface area contributed by atoms with Crippen molar-refractivity contribution in [2.75, 3.05) is 26.2 Å². The lowest BCUT2D eigenvalue weighted by molar-refractivity contribution is -0.122. The van der Waals surface area contributed by atoms with E-state index in [4.69, 9.17) is 0 Å². The van der Waals surface area contributed by atoms with Gasteiger partial charge in [0.05, 0.1) is 6.54 Å². The van der Waals surface area contributed by atoms with Gasteiger partial charge in [-0.15, -0.1) is 11.3 Å². The monoisotopic (exact) mass is 240 g/mol. The lowest BCUT2D eigenvalue weighted by Crippen LogP contribution is -2.37. The van der Waals surface area contributed by atoms with E-state index in [1.807, 2.05) is 6.07 Å². The fourth-order valence-corrected chi connectivity index (χ4v) is 2.20. The van der Waals surface area contributed by atoms with Crippen molar-refractivity contribution >= 4 is 17.2 Å². The summed E-state index contributed by atoms with van der Waals surface area (Å²) in [6, 6.07) is 4.14. The minimum atomic E-state index is 0.125. The van der Waals surface area contributed by atoms with Gasteiger partial charge in [0.2, 0.25) is 5.91 Å². The van der Waals surface area contributed by atoms with Gasteiger partial charge >= 0.3 is 0 Å². The van der Waals surface area contributed by atoms with Crippen LogP contribution in [0, 0.1) is 0 Å². The number of hydrogen-bond donors (Lipinski definition) is 1. The van der Waals surface area contributed by atoms with Crippen LogP contribution in [0.1, 0.15) is 18.7 Å². The first-order chi connectivity index (χ1) is 7.76. The lowest BCUT2D eigenvalue weighted by atomic mass is 10.3. The Bertz CT molecular complexity index is 294. The van der Waals surface area contributed by atoms with Crippen LogP contribution in [0.15, 0.2) is 17.5 Å². The first kappa shape index (κ1) is 13.2. The summed E-state index contributed by atoms with van der Waals surface area (Å²) in [5, 5.41) is 5.01. The molecular formula is C12H20N2OS. The van der Waals surface area contributed by atoms with Gasteiger partial charge in [-0.05, 0) is 31.0 Å². The zero-order valence-corrected chi connectivity index (χ0v) is 10.8. The molecule has 1 N–H and O–H groups in total. The lowest BCUT2D eigenvalue weighted by Gasteiger charge is -2.17. The van der Waals surface area contributed by atoms with Crippen molar-refractivity contribution in [1.82, 2.24) is 10.2 Å². The zero-order chi connectivity index (χ0) is 11.8. The highest BCUT2D eigenvalue weighted by molar-refractivity contribution is 7.09. The molecule has 0 aliphatic heterocycles. The molecule has 1 aromatic rings. The summed E-state index contributed by atoms with van der Waals surface area (Å²) >= 11 is 1.74. The second-order valence-corrected chi connectivity index (χ2v) is 4.67. The third-order valence-corrected chi connectivity index (χ3v) is 3.47. The van der Waals surface area contributed by atoms with Crippen LogP contribution in [0.25, 0.3) is 0 Å². The van der Waals surface area contributed by atoms with Crippen molar-refractivity contribution < 1.29 is 4.79 Å². The van der Waals surface area contributed by atoms with Gasteiger partial charge in [0, 0.05) is 11.4 Å². The van der Waals surface area contributed by atoms with Crippen molar-refractivity contribution in [3.8, 4) is 0 Å². The number of rotatable bonds is 7. The smallest absolute Gasteiger partial charge is 0.234 e. The predicted octanol–water partition coefficient (Wildman–Crippen LogP) is 1.75. The number of carbonyl (C=O) groups excluding carboxylic acids is 1. The molecule has 0 unspecified atom stereocenters. The molecule has 1 aromatic heterocycles. The molecule has 16 heavy (non-hydrogen) atoms. The second-order valence-electron chi connectivity index (χ2n) is 3.64. The minimum Gasteiger partial charge on any atom is -0.355 e. The highest BCUT2D eigenvalue weighted by Gasteiger charge is 2.06. The average Bonchev–Trinajstić information content (AvgIpc) is 2.79. The van der Waals surface area contributed by atoms with Gasteiger partial charge in [-0.2, -0.15) is 0 Å². The van der Waals surface area contributed by atoms with Gasteiger partial charge < -0.3 is 5.32 Å². The number of carbonyl (C=O) groups is 1. The first-order valence-corrected chi connectivity index (χ1v) is 6.65. The van der Waals surface area contributed by atoms with Gasteiger partial charge in [-0.1, -0.05) is 19.9 Å². The molecular weight excluding hydrogens is 220 g/mol. The molecule has 0 bridgehead atoms. The zero-order valence-electron chi connectivity index (χ0n) is 10.0. The number of likely N-dealkylation sites (N-methyl/N-ethyl adjacent to an activating group) is 1. The van der Waals surface area contributed by atoms with Gasteiger partial charge in [0.1, 0.15) is 0 Å². The fourth-order valence-electron chi connectivity index (χ4n) is 1.49. The molecule has 1 rings (SSSR count). The molecule has 3 nitrogen and oxygen atoms in total. The summed E-state index contributed by atoms with van der Waals surface area (Å²) in [7, 11) is 0. The minimum absolute atomic E-state index is 0.125. The predicted molar refractivity (Wildman–Crippen MR) is 68.8 cm³/mol. The van der Waals surface area contributed by atoms with Crippen molar-refractivity contribution in [3.05, 3.63) is 22.4 Å². The van der Waals surface area contributed by atoms with Crippen LogP contribution >= 0.6 is 11.3 Å². The summed E-state index contributed by atoms with van der Waals surface area (Å²) in [6.07, 6.45) is 0.932. The Labute approximate surface area is 101 Å².